The number of nitrogens with one attached hydrogen (secondary N) is 2. The molecular weight excluding hydrogens is 449 g/mol. The highest BCUT2D eigenvalue weighted by atomic mass is 19.4. The monoisotopic (exact) mass is 466 g/mol. The van der Waals surface area contributed by atoms with Gasteiger partial charge in [0.2, 0.25) is 5.88 Å². The zero-order chi connectivity index (χ0) is 24.1. The van der Waals surface area contributed by atoms with E-state index in [0.717, 1.165) is 12.1 Å². The number of carbonyl (C=O) groups is 1. The summed E-state index contributed by atoms with van der Waals surface area (Å²) in [5, 5.41) is 4.99. The van der Waals surface area contributed by atoms with Gasteiger partial charge in [0.15, 0.2) is 0 Å². The number of alkyl halides is 3. The number of carbonyl (C=O) groups excluding carboxylic acids is 1. The molecule has 34 heavy (non-hydrogen) atoms. The van der Waals surface area contributed by atoms with Gasteiger partial charge in [0.1, 0.15) is 17.9 Å². The lowest BCUT2D eigenvalue weighted by molar-refractivity contribution is -0.137. The highest BCUT2D eigenvalue weighted by molar-refractivity contribution is 6.00. The number of ether oxygens (including phenoxy) is 1. The Morgan fingerprint density at radius 3 is 2.32 bits per heavy atom. The summed E-state index contributed by atoms with van der Waals surface area (Å²) in [6.45, 7) is 0. The van der Waals surface area contributed by atoms with Gasteiger partial charge in [0.25, 0.3) is 0 Å². The van der Waals surface area contributed by atoms with Gasteiger partial charge < -0.3 is 21.1 Å². The minimum absolute atomic E-state index is 0.0331. The van der Waals surface area contributed by atoms with Crippen molar-refractivity contribution in [3.63, 3.8) is 0 Å². The van der Waals surface area contributed by atoms with Crippen LogP contribution in [0.3, 0.4) is 0 Å². The maximum absolute atomic E-state index is 13.4. The van der Waals surface area contributed by atoms with Crippen molar-refractivity contribution in [1.82, 2.24) is 15.0 Å². The third-order valence-electron chi connectivity index (χ3n) is 4.48. The van der Waals surface area contributed by atoms with Crippen LogP contribution in [-0.4, -0.2) is 21.0 Å². The minimum atomic E-state index is -4.60. The quantitative estimate of drug-likeness (QED) is 0.354. The summed E-state index contributed by atoms with van der Waals surface area (Å²) in [6.07, 6.45) is -1.86. The van der Waals surface area contributed by atoms with E-state index in [2.05, 4.69) is 25.6 Å². The number of rotatable bonds is 5. The van der Waals surface area contributed by atoms with Crippen LogP contribution in [0.15, 0.2) is 79.3 Å². The minimum Gasteiger partial charge on any atom is -0.439 e. The highest BCUT2D eigenvalue weighted by Gasteiger charge is 2.31. The van der Waals surface area contributed by atoms with Crippen molar-refractivity contribution < 1.29 is 22.7 Å². The molecule has 0 aliphatic rings. The summed E-state index contributed by atoms with van der Waals surface area (Å²) >= 11 is 0. The number of aromatic nitrogens is 3. The summed E-state index contributed by atoms with van der Waals surface area (Å²) < 4.78 is 45.7. The van der Waals surface area contributed by atoms with Crippen LogP contribution < -0.4 is 21.1 Å². The Morgan fingerprint density at radius 1 is 0.882 bits per heavy atom. The number of halogens is 3. The molecule has 11 heteroatoms. The Morgan fingerprint density at radius 2 is 1.65 bits per heavy atom. The van der Waals surface area contributed by atoms with Crippen LogP contribution in [-0.2, 0) is 6.18 Å². The molecule has 0 radical (unpaired) electrons. The fraction of sp³-hybridized carbons (Fsp3) is 0.0435. The first kappa shape index (κ1) is 22.5. The Bertz CT molecular complexity index is 1300. The lowest BCUT2D eigenvalue weighted by Gasteiger charge is -2.14. The molecule has 0 aliphatic heterocycles. The molecule has 172 valence electrons. The van der Waals surface area contributed by atoms with Crippen LogP contribution in [0.25, 0.3) is 11.3 Å². The molecule has 0 saturated carbocycles. The van der Waals surface area contributed by atoms with Crippen molar-refractivity contribution in [3.05, 3.63) is 84.8 Å². The van der Waals surface area contributed by atoms with Crippen molar-refractivity contribution in [2.75, 3.05) is 16.4 Å². The lowest BCUT2D eigenvalue weighted by atomic mass is 10.1. The van der Waals surface area contributed by atoms with Crippen molar-refractivity contribution in [2.24, 2.45) is 0 Å². The van der Waals surface area contributed by atoms with Crippen LogP contribution >= 0.6 is 0 Å². The van der Waals surface area contributed by atoms with Crippen LogP contribution in [0.5, 0.6) is 11.6 Å². The molecule has 0 spiro atoms. The number of nitrogen functional groups attached to an aromatic ring is 1. The number of anilines is 3. The van der Waals surface area contributed by atoms with Crippen molar-refractivity contribution >= 4 is 23.2 Å². The SMILES string of the molecule is Nc1cc(Oc2ccc(NC(=O)Nc3cc(-c4ccccn4)cc(C(F)(F)F)c3)cc2)ncn1. The second-order valence-corrected chi connectivity index (χ2v) is 7.00. The molecule has 0 fully saturated rings. The molecule has 4 rings (SSSR count). The molecule has 0 aliphatic carbocycles. The van der Waals surface area contributed by atoms with Crippen LogP contribution in [0.2, 0.25) is 0 Å². The maximum Gasteiger partial charge on any atom is 0.416 e. The number of nitrogens with two attached hydrogens (primary N) is 1. The molecule has 0 bridgehead atoms. The van der Waals surface area contributed by atoms with Gasteiger partial charge in [0.05, 0.1) is 11.3 Å². The van der Waals surface area contributed by atoms with E-state index in [1.54, 1.807) is 42.5 Å². The van der Waals surface area contributed by atoms with Crippen LogP contribution in [0.4, 0.5) is 35.2 Å². The molecule has 0 saturated heterocycles. The van der Waals surface area contributed by atoms with E-state index in [4.69, 9.17) is 10.5 Å². The number of hydrogen-bond acceptors (Lipinski definition) is 6. The number of nitrogens with zero attached hydrogens (tertiary/aromatic N) is 3. The second-order valence-electron chi connectivity index (χ2n) is 7.00. The van der Waals surface area contributed by atoms with Crippen LogP contribution in [0, 0.1) is 0 Å². The average Bonchev–Trinajstić information content (AvgIpc) is 2.80. The molecular formula is C23H17F3N6O2. The Labute approximate surface area is 191 Å². The van der Waals surface area contributed by atoms with E-state index >= 15 is 0 Å². The van der Waals surface area contributed by atoms with Gasteiger partial charge >= 0.3 is 12.2 Å². The highest BCUT2D eigenvalue weighted by Crippen LogP contribution is 2.34. The Hall–Kier alpha value is -4.67. The fourth-order valence-electron chi connectivity index (χ4n) is 2.97. The van der Waals surface area contributed by atoms with Gasteiger partial charge in [-0.25, -0.2) is 14.8 Å². The van der Waals surface area contributed by atoms with E-state index in [0.29, 0.717) is 17.1 Å². The van der Waals surface area contributed by atoms with Crippen LogP contribution in [0.1, 0.15) is 5.56 Å². The molecule has 4 N–H and O–H groups in total. The van der Waals surface area contributed by atoms with E-state index < -0.39 is 17.8 Å². The van der Waals surface area contributed by atoms with Gasteiger partial charge in [-0.05, 0) is 54.6 Å². The van der Waals surface area contributed by atoms with E-state index in [9.17, 15) is 18.0 Å². The largest absolute Gasteiger partial charge is 0.439 e. The zero-order valence-electron chi connectivity index (χ0n) is 17.4. The summed E-state index contributed by atoms with van der Waals surface area (Å²) in [5.74, 6) is 0.932. The first-order chi connectivity index (χ1) is 16.3. The summed E-state index contributed by atoms with van der Waals surface area (Å²) in [4.78, 5) is 24.2. The number of hydrogen-bond donors (Lipinski definition) is 3. The average molecular weight is 466 g/mol. The second kappa shape index (κ2) is 9.45. The van der Waals surface area contributed by atoms with E-state index in [1.165, 1.54) is 24.7 Å². The molecule has 2 aromatic carbocycles. The standard InChI is InChI=1S/C23H17F3N6O2/c24-23(25,26)15-9-14(19-3-1-2-8-28-19)10-17(11-15)32-22(33)31-16-4-6-18(7-5-16)34-21-12-20(27)29-13-30-21/h1-13H,(H2,27,29,30)(H2,31,32,33). The third-order valence-corrected chi connectivity index (χ3v) is 4.48. The van der Waals surface area contributed by atoms with Crippen molar-refractivity contribution in [1.29, 1.82) is 0 Å². The molecule has 4 aromatic rings. The first-order valence-corrected chi connectivity index (χ1v) is 9.83. The molecule has 8 nitrogen and oxygen atoms in total. The van der Waals surface area contributed by atoms with Gasteiger partial charge in [0, 0.05) is 29.2 Å². The summed E-state index contributed by atoms with van der Waals surface area (Å²) in [6, 6.07) is 15.2. The first-order valence-electron chi connectivity index (χ1n) is 9.83. The number of pyridine rings is 1. The molecule has 0 unspecified atom stereocenters. The number of amides is 2. The van der Waals surface area contributed by atoms with E-state index in [1.807, 2.05) is 0 Å². The molecule has 2 heterocycles. The third kappa shape index (κ3) is 5.76. The number of benzene rings is 2. The molecule has 0 atom stereocenters. The Balaban J connectivity index is 1.47. The number of urea groups is 1. The van der Waals surface area contributed by atoms with Crippen molar-refractivity contribution in [3.8, 4) is 22.9 Å². The van der Waals surface area contributed by atoms with Gasteiger partial charge in [-0.1, -0.05) is 6.07 Å². The smallest absolute Gasteiger partial charge is 0.416 e. The topological polar surface area (TPSA) is 115 Å². The van der Waals surface area contributed by atoms with Gasteiger partial charge in [-0.2, -0.15) is 13.2 Å². The normalized spacial score (nSPS) is 11.0. The summed E-state index contributed by atoms with van der Waals surface area (Å²) in [7, 11) is 0. The fourth-order valence-corrected chi connectivity index (χ4v) is 2.97. The maximum atomic E-state index is 13.4. The predicted molar refractivity (Wildman–Crippen MR) is 120 cm³/mol. The summed E-state index contributed by atoms with van der Waals surface area (Å²) in [5.41, 5.74) is 5.60. The molecule has 2 amide bonds. The Kier molecular flexibility index (Phi) is 6.26. The van der Waals surface area contributed by atoms with Gasteiger partial charge in [-0.15, -0.1) is 0 Å². The predicted octanol–water partition coefficient (Wildman–Crippen LogP) is 5.58. The lowest BCUT2D eigenvalue weighted by Crippen LogP contribution is -2.20. The van der Waals surface area contributed by atoms with Gasteiger partial charge in [-0.3, -0.25) is 4.98 Å². The van der Waals surface area contributed by atoms with E-state index in [-0.39, 0.29) is 22.9 Å². The zero-order valence-corrected chi connectivity index (χ0v) is 17.4. The van der Waals surface area contributed by atoms with Crippen molar-refractivity contribution in [2.45, 2.75) is 6.18 Å². The molecule has 2 aromatic heterocycles.